The summed E-state index contributed by atoms with van der Waals surface area (Å²) in [4.78, 5) is 26.0. The second kappa shape index (κ2) is 24.5. The van der Waals surface area contributed by atoms with E-state index >= 15 is 0 Å². The number of ether oxygens (including phenoxy) is 5. The van der Waals surface area contributed by atoms with Crippen LogP contribution in [0.5, 0.6) is 0 Å². The first-order chi connectivity index (χ1) is 34.1. The number of aliphatic hydroxyl groups excluding tert-OH is 7. The fourth-order valence-electron chi connectivity index (χ4n) is 14.5. The van der Waals surface area contributed by atoms with Gasteiger partial charge in [-0.05, 0) is 117 Å². The second-order valence-corrected chi connectivity index (χ2v) is 23.9. The lowest BCUT2D eigenvalue weighted by molar-refractivity contribution is -0.332. The van der Waals surface area contributed by atoms with Crippen molar-refractivity contribution >= 4 is 12.0 Å². The zero-order valence-electron chi connectivity index (χ0n) is 43.4. The molecule has 2 aliphatic heterocycles. The zero-order chi connectivity index (χ0) is 52.4. The maximum atomic E-state index is 13.0. The Hall–Kier alpha value is -2.12. The van der Waals surface area contributed by atoms with Crippen LogP contribution in [0.1, 0.15) is 131 Å². The summed E-state index contributed by atoms with van der Waals surface area (Å²) in [7, 11) is 0. The zero-order valence-corrected chi connectivity index (χ0v) is 43.4. The molecule has 2 heterocycles. The molecule has 6 fully saturated rings. The van der Waals surface area contributed by atoms with Crippen LogP contribution < -0.4 is 33.6 Å². The topological polar surface area (TPSA) is 350 Å². The van der Waals surface area contributed by atoms with Gasteiger partial charge in [0.2, 0.25) is 5.91 Å². The van der Waals surface area contributed by atoms with E-state index in [0.717, 1.165) is 55.3 Å². The molecule has 0 radical (unpaired) electrons. The third-order valence-electron chi connectivity index (χ3n) is 18.8. The average molecular weight is 1030 g/mol. The molecule has 0 aromatic carbocycles. The number of carbonyl (C=O) groups is 2. The molecule has 72 heavy (non-hydrogen) atoms. The minimum atomic E-state index is -1.81. The molecular formula is C52H92N6O14. The summed E-state index contributed by atoms with van der Waals surface area (Å²) in [6, 6.07) is -4.05. The van der Waals surface area contributed by atoms with Crippen molar-refractivity contribution in [1.82, 2.24) is 10.6 Å². The predicted molar refractivity (Wildman–Crippen MR) is 265 cm³/mol. The molecule has 7 aliphatic rings. The normalized spacial score (nSPS) is 45.0. The van der Waals surface area contributed by atoms with Gasteiger partial charge in [-0.1, -0.05) is 65.5 Å². The third-order valence-corrected chi connectivity index (χ3v) is 18.8. The summed E-state index contributed by atoms with van der Waals surface area (Å²) in [5.74, 6) is 4.07. The summed E-state index contributed by atoms with van der Waals surface area (Å²) < 4.78 is 29.0. The number of unbranched alkanes of at least 4 members (excludes halogenated alkanes) is 1. The van der Waals surface area contributed by atoms with Crippen LogP contribution in [-0.2, 0) is 28.5 Å². The van der Waals surface area contributed by atoms with Crippen molar-refractivity contribution in [2.75, 3.05) is 19.7 Å². The minimum Gasteiger partial charge on any atom is -0.446 e. The molecule has 2 amide bonds. The maximum Gasteiger partial charge on any atom is 0.407 e. The molecule has 414 valence electrons. The molecule has 24 atom stereocenters. The lowest BCUT2D eigenvalue weighted by Gasteiger charge is -2.58. The molecular weight excluding hydrogens is 933 g/mol. The highest BCUT2D eigenvalue weighted by atomic mass is 16.7. The second-order valence-electron chi connectivity index (χ2n) is 23.9. The van der Waals surface area contributed by atoms with Gasteiger partial charge in [-0.25, -0.2) is 4.79 Å². The number of amides is 2. The van der Waals surface area contributed by atoms with Gasteiger partial charge in [0.1, 0.15) is 67.1 Å². The van der Waals surface area contributed by atoms with Crippen LogP contribution in [0, 0.1) is 46.3 Å². The molecule has 20 heteroatoms. The van der Waals surface area contributed by atoms with Crippen LogP contribution >= 0.6 is 0 Å². The lowest BCUT2D eigenvalue weighted by atomic mass is 9.47. The Bertz CT molecular complexity index is 1820. The predicted octanol–water partition coefficient (Wildman–Crippen LogP) is 0.500. The highest BCUT2D eigenvalue weighted by Crippen LogP contribution is 2.67. The quantitative estimate of drug-likeness (QED) is 0.0619. The van der Waals surface area contributed by atoms with E-state index in [2.05, 4.69) is 51.3 Å². The smallest absolute Gasteiger partial charge is 0.407 e. The van der Waals surface area contributed by atoms with Gasteiger partial charge in [0, 0.05) is 31.6 Å². The van der Waals surface area contributed by atoms with E-state index in [1.165, 1.54) is 50.5 Å². The third kappa shape index (κ3) is 12.3. The van der Waals surface area contributed by atoms with Crippen LogP contribution in [0.25, 0.3) is 0 Å². The largest absolute Gasteiger partial charge is 0.446 e. The van der Waals surface area contributed by atoms with Crippen molar-refractivity contribution < 1.29 is 69.0 Å². The van der Waals surface area contributed by atoms with Gasteiger partial charge < -0.3 is 93.0 Å². The molecule has 5 aliphatic carbocycles. The van der Waals surface area contributed by atoms with Crippen LogP contribution in [-0.4, -0.2) is 171 Å². The summed E-state index contributed by atoms with van der Waals surface area (Å²) in [5.41, 5.74) is 26.8. The Kier molecular flexibility index (Phi) is 19.6. The molecule has 0 spiro atoms. The number of aliphatic hydroxyl groups is 7. The van der Waals surface area contributed by atoms with Crippen molar-refractivity contribution in [2.45, 2.75) is 235 Å². The summed E-state index contributed by atoms with van der Waals surface area (Å²) in [6.45, 7) is 11.7. The van der Waals surface area contributed by atoms with Gasteiger partial charge >= 0.3 is 6.09 Å². The number of nitrogens with one attached hydrogen (secondary N) is 2. The number of nitrogens with two attached hydrogens (primary N) is 4. The lowest BCUT2D eigenvalue weighted by Crippen LogP contribution is -2.68. The minimum absolute atomic E-state index is 0.0110. The van der Waals surface area contributed by atoms with Gasteiger partial charge in [0.25, 0.3) is 0 Å². The van der Waals surface area contributed by atoms with Gasteiger partial charge in [0.15, 0.2) is 12.6 Å². The maximum absolute atomic E-state index is 13.0. The number of carbonyl (C=O) groups excluding carboxylic acids is 2. The Morgan fingerprint density at radius 1 is 0.764 bits per heavy atom. The Labute approximate surface area is 426 Å². The van der Waals surface area contributed by atoms with Gasteiger partial charge in [-0.15, -0.1) is 0 Å². The highest BCUT2D eigenvalue weighted by molar-refractivity contribution is 5.81. The standard InChI is InChI=1S/C52H92N6O14/c1-25(2)9-8-10-26(3)30-14-15-31-29-13-12-27-21-28(16-18-51(27,4)32(29)17-19-52(30,31)5)68-50(67)57-20-7-6-11-33(53)47(66)58-23-36-40(61)42(63)43(64)49(69-36)72-46-35(55)22-34(54)45(44(46)65)71-48-41(62)38(56)39(60)37(24-59)70-48/h12,25-26,28-46,48-49,59-65H,6-11,13-24,53-56H2,1-5H3,(H,57,67)(H,58,66)/t26-,28+,29+,30-,31+,32+,33+,34-,35+,36-,37-,38+,39-,40-,41-,42+,43-,44-,45+,46+,48+,49+,51+,52-/m1/s1. The van der Waals surface area contributed by atoms with Gasteiger partial charge in [-0.3, -0.25) is 4.79 Å². The summed E-state index contributed by atoms with van der Waals surface area (Å²) >= 11 is 0. The Morgan fingerprint density at radius 2 is 1.44 bits per heavy atom. The molecule has 20 nitrogen and oxygen atoms in total. The molecule has 2 saturated heterocycles. The first-order valence-electron chi connectivity index (χ1n) is 27.3. The molecule has 17 N–H and O–H groups in total. The fourth-order valence-corrected chi connectivity index (χ4v) is 14.5. The van der Waals surface area contributed by atoms with Crippen LogP contribution in [0.15, 0.2) is 11.6 Å². The van der Waals surface area contributed by atoms with E-state index in [1.54, 1.807) is 0 Å². The van der Waals surface area contributed by atoms with Crippen LogP contribution in [0.4, 0.5) is 4.79 Å². The first-order valence-corrected chi connectivity index (χ1v) is 27.3. The molecule has 0 unspecified atom stereocenters. The van der Waals surface area contributed by atoms with E-state index in [1.807, 2.05) is 0 Å². The van der Waals surface area contributed by atoms with Crippen molar-refractivity contribution in [3.05, 3.63) is 11.6 Å². The summed E-state index contributed by atoms with van der Waals surface area (Å²) in [5, 5.41) is 79.7. The number of fused-ring (bicyclic) bond motifs is 5. The first kappa shape index (κ1) is 57.6. The molecule has 0 bridgehead atoms. The summed E-state index contributed by atoms with van der Waals surface area (Å²) in [6.07, 6.45) is -1.58. The van der Waals surface area contributed by atoms with Crippen molar-refractivity contribution in [1.29, 1.82) is 0 Å². The fraction of sp³-hybridized carbons (Fsp3) is 0.923. The van der Waals surface area contributed by atoms with Crippen LogP contribution in [0.3, 0.4) is 0 Å². The van der Waals surface area contributed by atoms with Crippen LogP contribution in [0.2, 0.25) is 0 Å². The number of hydrogen-bond donors (Lipinski definition) is 13. The number of allylic oxidation sites excluding steroid dienone is 1. The Balaban J connectivity index is 0.809. The van der Waals surface area contributed by atoms with E-state index in [4.69, 9.17) is 46.6 Å². The molecule has 0 aromatic rings. The van der Waals surface area contributed by atoms with Crippen molar-refractivity contribution in [2.24, 2.45) is 69.3 Å². The van der Waals surface area contributed by atoms with Crippen molar-refractivity contribution in [3.63, 3.8) is 0 Å². The Morgan fingerprint density at radius 3 is 2.12 bits per heavy atom. The van der Waals surface area contributed by atoms with E-state index < -0.39 is 116 Å². The number of rotatable bonds is 19. The molecule has 0 aromatic heterocycles. The highest BCUT2D eigenvalue weighted by Gasteiger charge is 2.59. The molecule has 7 rings (SSSR count). The SMILES string of the molecule is CC(C)CCC[C@@H](C)[C@H]1CC[C@H]2[C@@H]3CC=C4C[C@@H](OC(=O)NCCCC[C@H](N)C(=O)NC[C@H]5O[C@@H](O[C@@H]6[C@H](O)[C@@H](O[C@@H]7O[C@H](CO)[C@@H](O)[C@H](N)[C@H]7O)[C@H](N)C[C@@H]6N)[C@H](O)[C@@H](O)[C@@H]5O)CC[C@]4(C)[C@H]3CC[C@]12C. The monoisotopic (exact) mass is 1020 g/mol. The van der Waals surface area contributed by atoms with E-state index in [0.29, 0.717) is 30.7 Å². The van der Waals surface area contributed by atoms with E-state index in [9.17, 15) is 45.3 Å². The van der Waals surface area contributed by atoms with Crippen molar-refractivity contribution in [3.8, 4) is 0 Å². The number of hydrogen-bond acceptors (Lipinski definition) is 18. The van der Waals surface area contributed by atoms with E-state index in [-0.39, 0.29) is 30.9 Å². The molecule has 4 saturated carbocycles. The van der Waals surface area contributed by atoms with Gasteiger partial charge in [0.05, 0.1) is 18.7 Å². The average Bonchev–Trinajstić information content (AvgIpc) is 3.70. The number of alkyl carbamates (subject to hydrolysis) is 1. The van der Waals surface area contributed by atoms with Gasteiger partial charge in [-0.2, -0.15) is 0 Å².